The van der Waals surface area contributed by atoms with Crippen LogP contribution in [-0.2, 0) is 4.79 Å². The highest BCUT2D eigenvalue weighted by molar-refractivity contribution is 5.98. The summed E-state index contributed by atoms with van der Waals surface area (Å²) in [5.74, 6) is -1.28. The van der Waals surface area contributed by atoms with Gasteiger partial charge in [-0.1, -0.05) is 6.07 Å². The minimum absolute atomic E-state index is 0.0962. The maximum Gasteiger partial charge on any atom is 0.289 e. The number of halogens is 1. The number of hydrogen-bond donors (Lipinski definition) is 1. The zero-order valence-corrected chi connectivity index (χ0v) is 11.7. The van der Waals surface area contributed by atoms with E-state index < -0.39 is 17.6 Å². The lowest BCUT2D eigenvalue weighted by molar-refractivity contribution is -0.116. The first-order chi connectivity index (χ1) is 9.97. The summed E-state index contributed by atoms with van der Waals surface area (Å²) in [6.45, 7) is 1.59. The van der Waals surface area contributed by atoms with Gasteiger partial charge >= 0.3 is 0 Å². The molecule has 0 saturated heterocycles. The second-order valence-electron chi connectivity index (χ2n) is 4.67. The van der Waals surface area contributed by atoms with Crippen molar-refractivity contribution in [3.05, 3.63) is 53.7 Å². The molecular weight excluding hydrogens is 275 g/mol. The lowest BCUT2D eigenvalue weighted by atomic mass is 10.2. The van der Waals surface area contributed by atoms with Crippen LogP contribution in [0.15, 0.2) is 41.0 Å². The van der Waals surface area contributed by atoms with Crippen molar-refractivity contribution in [1.82, 2.24) is 4.90 Å². The van der Waals surface area contributed by atoms with Crippen LogP contribution in [-0.4, -0.2) is 30.3 Å². The van der Waals surface area contributed by atoms with Crippen LogP contribution in [0, 0.1) is 12.7 Å². The minimum atomic E-state index is -0.519. The van der Waals surface area contributed by atoms with Gasteiger partial charge in [0.2, 0.25) is 5.91 Å². The number of carbonyl (C=O) groups is 2. The Morgan fingerprint density at radius 1 is 1.33 bits per heavy atom. The fourth-order valence-electron chi connectivity index (χ4n) is 1.80. The zero-order chi connectivity index (χ0) is 15.4. The molecule has 0 aliphatic carbocycles. The first-order valence-corrected chi connectivity index (χ1v) is 6.32. The van der Waals surface area contributed by atoms with E-state index in [0.717, 1.165) is 5.56 Å². The van der Waals surface area contributed by atoms with Gasteiger partial charge in [0.25, 0.3) is 5.91 Å². The Bertz CT molecular complexity index is 653. The number of carbonyl (C=O) groups excluding carboxylic acids is 2. The van der Waals surface area contributed by atoms with E-state index in [-0.39, 0.29) is 18.0 Å². The predicted octanol–water partition coefficient (Wildman–Crippen LogP) is 2.44. The van der Waals surface area contributed by atoms with E-state index in [1.165, 1.54) is 36.4 Å². The van der Waals surface area contributed by atoms with Gasteiger partial charge in [0.15, 0.2) is 5.76 Å². The average Bonchev–Trinajstić information content (AvgIpc) is 2.96. The van der Waals surface area contributed by atoms with Crippen molar-refractivity contribution in [2.45, 2.75) is 6.92 Å². The monoisotopic (exact) mass is 290 g/mol. The van der Waals surface area contributed by atoms with Gasteiger partial charge in [-0.2, -0.15) is 0 Å². The second kappa shape index (κ2) is 6.21. The Kier molecular flexibility index (Phi) is 4.37. The van der Waals surface area contributed by atoms with E-state index in [1.807, 2.05) is 0 Å². The molecular formula is C15H15FN2O3. The molecule has 2 amide bonds. The fraction of sp³-hybridized carbons (Fsp3) is 0.200. The molecule has 110 valence electrons. The van der Waals surface area contributed by atoms with Crippen LogP contribution in [0.3, 0.4) is 0 Å². The van der Waals surface area contributed by atoms with Crippen molar-refractivity contribution in [3.8, 4) is 0 Å². The smallest absolute Gasteiger partial charge is 0.289 e. The summed E-state index contributed by atoms with van der Waals surface area (Å²) >= 11 is 0. The van der Waals surface area contributed by atoms with E-state index in [0.29, 0.717) is 0 Å². The third kappa shape index (κ3) is 3.68. The Labute approximate surface area is 121 Å². The molecule has 5 nitrogen and oxygen atoms in total. The van der Waals surface area contributed by atoms with E-state index in [2.05, 4.69) is 5.32 Å². The summed E-state index contributed by atoms with van der Waals surface area (Å²) in [7, 11) is 1.47. The molecule has 6 heteroatoms. The molecule has 1 N–H and O–H groups in total. The molecule has 0 saturated carbocycles. The van der Waals surface area contributed by atoms with Crippen molar-refractivity contribution in [3.63, 3.8) is 0 Å². The summed E-state index contributed by atoms with van der Waals surface area (Å²) in [6, 6.07) is 7.52. The number of nitrogens with one attached hydrogen (secondary N) is 1. The molecule has 0 spiro atoms. The molecule has 0 aliphatic rings. The summed E-state index contributed by atoms with van der Waals surface area (Å²) < 4.78 is 18.5. The van der Waals surface area contributed by atoms with Crippen LogP contribution in [0.1, 0.15) is 16.1 Å². The number of furan rings is 1. The van der Waals surface area contributed by atoms with Gasteiger partial charge in [0.1, 0.15) is 5.82 Å². The maximum absolute atomic E-state index is 13.5. The SMILES string of the molecule is Cc1ccc(F)c(NC(=O)CN(C)C(=O)c2ccco2)c1. The highest BCUT2D eigenvalue weighted by Gasteiger charge is 2.17. The van der Waals surface area contributed by atoms with E-state index in [4.69, 9.17) is 4.42 Å². The Morgan fingerprint density at radius 3 is 2.76 bits per heavy atom. The molecule has 0 fully saturated rings. The van der Waals surface area contributed by atoms with Crippen molar-refractivity contribution >= 4 is 17.5 Å². The molecule has 1 heterocycles. The molecule has 2 aromatic rings. The van der Waals surface area contributed by atoms with Gasteiger partial charge in [0, 0.05) is 7.05 Å². The van der Waals surface area contributed by atoms with Crippen LogP contribution >= 0.6 is 0 Å². The topological polar surface area (TPSA) is 62.6 Å². The van der Waals surface area contributed by atoms with Gasteiger partial charge in [-0.25, -0.2) is 4.39 Å². The highest BCUT2D eigenvalue weighted by atomic mass is 19.1. The summed E-state index contributed by atoms with van der Waals surface area (Å²) in [6.07, 6.45) is 1.38. The molecule has 2 rings (SSSR count). The van der Waals surface area contributed by atoms with Gasteiger partial charge in [0.05, 0.1) is 18.5 Å². The molecule has 21 heavy (non-hydrogen) atoms. The van der Waals surface area contributed by atoms with Crippen molar-refractivity contribution in [1.29, 1.82) is 0 Å². The zero-order valence-electron chi connectivity index (χ0n) is 11.7. The maximum atomic E-state index is 13.5. The van der Waals surface area contributed by atoms with E-state index in [1.54, 1.807) is 19.1 Å². The van der Waals surface area contributed by atoms with Crippen LogP contribution in [0.4, 0.5) is 10.1 Å². The number of likely N-dealkylation sites (N-methyl/N-ethyl adjacent to an activating group) is 1. The molecule has 0 atom stereocenters. The lowest BCUT2D eigenvalue weighted by Crippen LogP contribution is -2.34. The van der Waals surface area contributed by atoms with Crippen molar-refractivity contribution in [2.24, 2.45) is 0 Å². The Balaban J connectivity index is 1.98. The van der Waals surface area contributed by atoms with Gasteiger partial charge in [-0.3, -0.25) is 9.59 Å². The third-order valence-corrected chi connectivity index (χ3v) is 2.86. The number of rotatable bonds is 4. The quantitative estimate of drug-likeness (QED) is 0.940. The normalized spacial score (nSPS) is 10.2. The van der Waals surface area contributed by atoms with Gasteiger partial charge in [-0.15, -0.1) is 0 Å². The average molecular weight is 290 g/mol. The fourth-order valence-corrected chi connectivity index (χ4v) is 1.80. The summed E-state index contributed by atoms with van der Waals surface area (Å²) in [5, 5.41) is 2.44. The first kappa shape index (κ1) is 14.8. The second-order valence-corrected chi connectivity index (χ2v) is 4.67. The minimum Gasteiger partial charge on any atom is -0.459 e. The van der Waals surface area contributed by atoms with Crippen molar-refractivity contribution in [2.75, 3.05) is 18.9 Å². The van der Waals surface area contributed by atoms with E-state index >= 15 is 0 Å². The van der Waals surface area contributed by atoms with E-state index in [9.17, 15) is 14.0 Å². The Hall–Kier alpha value is -2.63. The van der Waals surface area contributed by atoms with Crippen LogP contribution in [0.2, 0.25) is 0 Å². The van der Waals surface area contributed by atoms with Crippen LogP contribution < -0.4 is 5.32 Å². The molecule has 1 aromatic carbocycles. The highest BCUT2D eigenvalue weighted by Crippen LogP contribution is 2.15. The number of hydrogen-bond acceptors (Lipinski definition) is 3. The third-order valence-electron chi connectivity index (χ3n) is 2.86. The standard InChI is InChI=1S/C15H15FN2O3/c1-10-5-6-11(16)12(8-10)17-14(19)9-18(2)15(20)13-4-3-7-21-13/h3-8H,9H2,1-2H3,(H,17,19). The Morgan fingerprint density at radius 2 is 2.10 bits per heavy atom. The summed E-state index contributed by atoms with van der Waals surface area (Å²) in [4.78, 5) is 24.9. The lowest BCUT2D eigenvalue weighted by Gasteiger charge is -2.15. The molecule has 0 radical (unpaired) electrons. The number of aryl methyl sites for hydroxylation is 1. The molecule has 0 unspecified atom stereocenters. The largest absolute Gasteiger partial charge is 0.459 e. The molecule has 0 aliphatic heterocycles. The predicted molar refractivity (Wildman–Crippen MR) is 75.4 cm³/mol. The van der Waals surface area contributed by atoms with Crippen molar-refractivity contribution < 1.29 is 18.4 Å². The number of benzene rings is 1. The van der Waals surface area contributed by atoms with Gasteiger partial charge < -0.3 is 14.6 Å². The number of nitrogens with zero attached hydrogens (tertiary/aromatic N) is 1. The molecule has 0 bridgehead atoms. The number of amides is 2. The number of anilines is 1. The van der Waals surface area contributed by atoms with Crippen LogP contribution in [0.25, 0.3) is 0 Å². The first-order valence-electron chi connectivity index (χ1n) is 6.32. The summed E-state index contributed by atoms with van der Waals surface area (Å²) in [5.41, 5.74) is 0.922. The van der Waals surface area contributed by atoms with Gasteiger partial charge in [-0.05, 0) is 36.8 Å². The van der Waals surface area contributed by atoms with Crippen LogP contribution in [0.5, 0.6) is 0 Å². The molecule has 1 aromatic heterocycles.